The highest BCUT2D eigenvalue weighted by atomic mass is 16.2. The number of carbonyl (C=O) groups is 2. The van der Waals surface area contributed by atoms with Crippen molar-refractivity contribution in [3.05, 3.63) is 35.9 Å². The molecule has 5 nitrogen and oxygen atoms in total. The zero-order chi connectivity index (χ0) is 18.3. The maximum absolute atomic E-state index is 11.9. The largest absolute Gasteiger partial charge is 0.348 e. The standard InChI is InChI=1S/C20H31N3O2/c1-20(2,3)22-19(25)18(24)21-15-17-10-13-23(14-11-17)12-9-16-7-5-4-6-8-16/h4-8,17H,9-15H2,1-3H3,(H,21,24)(H,22,25). The Morgan fingerprint density at radius 1 is 1.08 bits per heavy atom. The summed E-state index contributed by atoms with van der Waals surface area (Å²) < 4.78 is 0. The van der Waals surface area contributed by atoms with Crippen molar-refractivity contribution < 1.29 is 9.59 Å². The highest BCUT2D eigenvalue weighted by Crippen LogP contribution is 2.16. The second-order valence-electron chi connectivity index (χ2n) is 7.93. The second-order valence-corrected chi connectivity index (χ2v) is 7.93. The number of rotatable bonds is 5. The van der Waals surface area contributed by atoms with E-state index in [0.717, 1.165) is 38.9 Å². The van der Waals surface area contributed by atoms with Gasteiger partial charge in [-0.05, 0) is 64.6 Å². The van der Waals surface area contributed by atoms with Gasteiger partial charge >= 0.3 is 11.8 Å². The van der Waals surface area contributed by atoms with Gasteiger partial charge in [-0.15, -0.1) is 0 Å². The first-order valence-corrected chi connectivity index (χ1v) is 9.20. The van der Waals surface area contributed by atoms with Crippen molar-refractivity contribution in [2.75, 3.05) is 26.2 Å². The number of benzene rings is 1. The SMILES string of the molecule is CC(C)(C)NC(=O)C(=O)NCC1CCN(CCc2ccccc2)CC1. The Kier molecular flexibility index (Phi) is 7.00. The van der Waals surface area contributed by atoms with Gasteiger partial charge in [-0.2, -0.15) is 0 Å². The van der Waals surface area contributed by atoms with Crippen LogP contribution in [0.15, 0.2) is 30.3 Å². The van der Waals surface area contributed by atoms with Crippen molar-refractivity contribution in [2.45, 2.75) is 45.6 Å². The summed E-state index contributed by atoms with van der Waals surface area (Å²) in [6.07, 6.45) is 3.21. The number of hydrogen-bond donors (Lipinski definition) is 2. The van der Waals surface area contributed by atoms with E-state index in [1.54, 1.807) is 0 Å². The highest BCUT2D eigenvalue weighted by molar-refractivity contribution is 6.35. The molecule has 5 heteroatoms. The monoisotopic (exact) mass is 345 g/mol. The molecule has 1 aromatic carbocycles. The number of hydrogen-bond acceptors (Lipinski definition) is 3. The van der Waals surface area contributed by atoms with Gasteiger partial charge in [0, 0.05) is 18.6 Å². The van der Waals surface area contributed by atoms with Crippen LogP contribution in [0.5, 0.6) is 0 Å². The summed E-state index contributed by atoms with van der Waals surface area (Å²) in [6.45, 7) is 9.37. The normalized spacial score (nSPS) is 16.4. The van der Waals surface area contributed by atoms with Gasteiger partial charge in [-0.25, -0.2) is 0 Å². The average Bonchev–Trinajstić information content (AvgIpc) is 2.58. The summed E-state index contributed by atoms with van der Waals surface area (Å²) in [5.41, 5.74) is 0.986. The van der Waals surface area contributed by atoms with Gasteiger partial charge in [0.05, 0.1) is 0 Å². The quantitative estimate of drug-likeness (QED) is 0.802. The van der Waals surface area contributed by atoms with Crippen LogP contribution in [0.3, 0.4) is 0 Å². The van der Waals surface area contributed by atoms with Crippen LogP contribution in [0.1, 0.15) is 39.2 Å². The van der Waals surface area contributed by atoms with Crippen molar-refractivity contribution in [3.63, 3.8) is 0 Å². The molecule has 0 bridgehead atoms. The number of likely N-dealkylation sites (tertiary alicyclic amines) is 1. The molecule has 0 spiro atoms. The van der Waals surface area contributed by atoms with Gasteiger partial charge in [-0.3, -0.25) is 9.59 Å². The summed E-state index contributed by atoms with van der Waals surface area (Å²) in [5.74, 6) is -0.617. The van der Waals surface area contributed by atoms with Crippen molar-refractivity contribution >= 4 is 11.8 Å². The van der Waals surface area contributed by atoms with Gasteiger partial charge in [0.1, 0.15) is 0 Å². The van der Waals surface area contributed by atoms with E-state index in [2.05, 4.69) is 39.8 Å². The van der Waals surface area contributed by atoms with Crippen LogP contribution in [0, 0.1) is 5.92 Å². The molecule has 1 aromatic rings. The minimum absolute atomic E-state index is 0.390. The van der Waals surface area contributed by atoms with Crippen LogP contribution in [-0.2, 0) is 16.0 Å². The average molecular weight is 345 g/mol. The smallest absolute Gasteiger partial charge is 0.309 e. The molecule has 1 saturated heterocycles. The Labute approximate surface area is 151 Å². The van der Waals surface area contributed by atoms with Crippen molar-refractivity contribution in [2.24, 2.45) is 5.92 Å². The van der Waals surface area contributed by atoms with Gasteiger partial charge in [0.2, 0.25) is 0 Å². The van der Waals surface area contributed by atoms with E-state index in [4.69, 9.17) is 0 Å². The van der Waals surface area contributed by atoms with Crippen LogP contribution in [-0.4, -0.2) is 48.4 Å². The first kappa shape index (κ1) is 19.4. The van der Waals surface area contributed by atoms with Crippen LogP contribution in [0.25, 0.3) is 0 Å². The Morgan fingerprint density at radius 3 is 2.32 bits per heavy atom. The lowest BCUT2D eigenvalue weighted by molar-refractivity contribution is -0.140. The number of carbonyl (C=O) groups excluding carboxylic acids is 2. The molecular formula is C20H31N3O2. The summed E-state index contributed by atoms with van der Waals surface area (Å²) in [6, 6.07) is 10.6. The fraction of sp³-hybridized carbons (Fsp3) is 0.600. The first-order valence-electron chi connectivity index (χ1n) is 9.20. The minimum atomic E-state index is -0.548. The molecule has 138 valence electrons. The van der Waals surface area contributed by atoms with E-state index in [9.17, 15) is 9.59 Å². The third-order valence-electron chi connectivity index (χ3n) is 4.51. The summed E-state index contributed by atoms with van der Waals surface area (Å²) in [5, 5.41) is 5.46. The molecule has 0 atom stereocenters. The predicted molar refractivity (Wildman–Crippen MR) is 100 cm³/mol. The van der Waals surface area contributed by atoms with Crippen LogP contribution in [0.4, 0.5) is 0 Å². The molecule has 1 aliphatic rings. The fourth-order valence-electron chi connectivity index (χ4n) is 3.06. The van der Waals surface area contributed by atoms with E-state index < -0.39 is 17.4 Å². The van der Waals surface area contributed by atoms with Gasteiger partial charge < -0.3 is 15.5 Å². The molecular weight excluding hydrogens is 314 g/mol. The zero-order valence-electron chi connectivity index (χ0n) is 15.7. The first-order chi connectivity index (χ1) is 11.8. The predicted octanol–water partition coefficient (Wildman–Crippen LogP) is 1.97. The Balaban J connectivity index is 1.63. The summed E-state index contributed by atoms with van der Waals surface area (Å²) >= 11 is 0. The third-order valence-corrected chi connectivity index (χ3v) is 4.51. The van der Waals surface area contributed by atoms with Crippen LogP contribution in [0.2, 0.25) is 0 Å². The zero-order valence-corrected chi connectivity index (χ0v) is 15.7. The van der Waals surface area contributed by atoms with Crippen LogP contribution < -0.4 is 10.6 Å². The molecule has 0 saturated carbocycles. The van der Waals surface area contributed by atoms with E-state index in [1.807, 2.05) is 26.8 Å². The van der Waals surface area contributed by atoms with Gasteiger partial charge in [-0.1, -0.05) is 30.3 Å². The van der Waals surface area contributed by atoms with Crippen LogP contribution >= 0.6 is 0 Å². The Hall–Kier alpha value is -1.88. The molecule has 0 radical (unpaired) electrons. The molecule has 1 heterocycles. The van der Waals surface area contributed by atoms with Crippen molar-refractivity contribution in [1.29, 1.82) is 0 Å². The molecule has 1 aliphatic heterocycles. The lowest BCUT2D eigenvalue weighted by Gasteiger charge is -2.32. The molecule has 2 rings (SSSR count). The Morgan fingerprint density at radius 2 is 1.72 bits per heavy atom. The third kappa shape index (κ3) is 7.26. The molecule has 2 N–H and O–H groups in total. The van der Waals surface area contributed by atoms with Gasteiger partial charge in [0.15, 0.2) is 0 Å². The highest BCUT2D eigenvalue weighted by Gasteiger charge is 2.23. The maximum Gasteiger partial charge on any atom is 0.309 e. The number of piperidine rings is 1. The van der Waals surface area contributed by atoms with E-state index in [-0.39, 0.29) is 0 Å². The van der Waals surface area contributed by atoms with Gasteiger partial charge in [0.25, 0.3) is 0 Å². The fourth-order valence-corrected chi connectivity index (χ4v) is 3.06. The number of nitrogens with one attached hydrogen (secondary N) is 2. The second kappa shape index (κ2) is 8.99. The Bertz CT molecular complexity index is 558. The molecule has 0 aromatic heterocycles. The molecule has 2 amide bonds. The maximum atomic E-state index is 11.9. The van der Waals surface area contributed by atoms with E-state index in [0.29, 0.717) is 12.5 Å². The van der Waals surface area contributed by atoms with Crippen molar-refractivity contribution in [1.82, 2.24) is 15.5 Å². The number of amides is 2. The molecule has 1 fully saturated rings. The topological polar surface area (TPSA) is 61.4 Å². The van der Waals surface area contributed by atoms with Crippen molar-refractivity contribution in [3.8, 4) is 0 Å². The lowest BCUT2D eigenvalue weighted by Crippen LogP contribution is -2.49. The summed E-state index contributed by atoms with van der Waals surface area (Å²) in [4.78, 5) is 26.1. The molecule has 25 heavy (non-hydrogen) atoms. The summed E-state index contributed by atoms with van der Waals surface area (Å²) in [7, 11) is 0. The van der Waals surface area contributed by atoms with E-state index >= 15 is 0 Å². The van der Waals surface area contributed by atoms with E-state index in [1.165, 1.54) is 5.56 Å². The minimum Gasteiger partial charge on any atom is -0.348 e. The number of nitrogens with zero attached hydrogens (tertiary/aromatic N) is 1. The molecule has 0 unspecified atom stereocenters. The molecule has 0 aliphatic carbocycles. The lowest BCUT2D eigenvalue weighted by atomic mass is 9.96.